The minimum absolute atomic E-state index is 0.0210. The molecule has 1 aromatic heterocycles. The van der Waals surface area contributed by atoms with E-state index in [9.17, 15) is 14.4 Å². The molecule has 1 aliphatic heterocycles. The third-order valence-corrected chi connectivity index (χ3v) is 5.36. The first kappa shape index (κ1) is 18.9. The molecule has 0 atom stereocenters. The SMILES string of the molecule is CCc1ccc(C(=O)N2CCN(C(=O)c3n[nH]c(=O)c4ccccc34)CC2)cc1. The van der Waals surface area contributed by atoms with E-state index in [2.05, 4.69) is 17.1 Å². The second-order valence-corrected chi connectivity index (χ2v) is 7.08. The number of hydrogen-bond donors (Lipinski definition) is 1. The van der Waals surface area contributed by atoms with Gasteiger partial charge in [-0.05, 0) is 30.2 Å². The Balaban J connectivity index is 1.47. The Labute approximate surface area is 167 Å². The first-order valence-electron chi connectivity index (χ1n) is 9.73. The second-order valence-electron chi connectivity index (χ2n) is 7.08. The van der Waals surface area contributed by atoms with Crippen molar-refractivity contribution < 1.29 is 9.59 Å². The lowest BCUT2D eigenvalue weighted by Gasteiger charge is -2.34. The Morgan fingerprint density at radius 3 is 2.10 bits per heavy atom. The highest BCUT2D eigenvalue weighted by Crippen LogP contribution is 2.16. The Bertz CT molecular complexity index is 1110. The van der Waals surface area contributed by atoms with Crippen LogP contribution in [0.3, 0.4) is 0 Å². The molecule has 0 aliphatic carbocycles. The van der Waals surface area contributed by atoms with Gasteiger partial charge in [0.1, 0.15) is 0 Å². The Hall–Kier alpha value is -3.48. The van der Waals surface area contributed by atoms with Crippen molar-refractivity contribution in [1.29, 1.82) is 0 Å². The maximum absolute atomic E-state index is 13.0. The number of nitrogens with one attached hydrogen (secondary N) is 1. The molecular weight excluding hydrogens is 368 g/mol. The molecule has 0 unspecified atom stereocenters. The highest BCUT2D eigenvalue weighted by Gasteiger charge is 2.27. The van der Waals surface area contributed by atoms with Crippen LogP contribution >= 0.6 is 0 Å². The zero-order valence-corrected chi connectivity index (χ0v) is 16.2. The number of carbonyl (C=O) groups is 2. The fraction of sp³-hybridized carbons (Fsp3) is 0.273. The van der Waals surface area contributed by atoms with Gasteiger partial charge in [0.05, 0.1) is 5.39 Å². The lowest BCUT2D eigenvalue weighted by molar-refractivity contribution is 0.0533. The van der Waals surface area contributed by atoms with Crippen LogP contribution in [0.15, 0.2) is 53.3 Å². The number of piperazine rings is 1. The molecule has 0 radical (unpaired) electrons. The number of nitrogens with zero attached hydrogens (tertiary/aromatic N) is 3. The molecule has 7 heteroatoms. The average Bonchev–Trinajstić information content (AvgIpc) is 2.79. The van der Waals surface area contributed by atoms with Crippen LogP contribution in [0.1, 0.15) is 33.3 Å². The summed E-state index contributed by atoms with van der Waals surface area (Å²) in [7, 11) is 0. The fourth-order valence-electron chi connectivity index (χ4n) is 3.61. The predicted octanol–water partition coefficient (Wildman–Crippen LogP) is 2.08. The Kier molecular flexibility index (Phi) is 5.12. The van der Waals surface area contributed by atoms with Gasteiger partial charge in [-0.15, -0.1) is 0 Å². The minimum Gasteiger partial charge on any atom is -0.335 e. The van der Waals surface area contributed by atoms with Gasteiger partial charge in [0, 0.05) is 37.1 Å². The molecule has 29 heavy (non-hydrogen) atoms. The van der Waals surface area contributed by atoms with E-state index in [4.69, 9.17) is 0 Å². The van der Waals surface area contributed by atoms with Crippen LogP contribution in [0.25, 0.3) is 10.8 Å². The van der Waals surface area contributed by atoms with Gasteiger partial charge in [-0.1, -0.05) is 37.3 Å². The van der Waals surface area contributed by atoms with Gasteiger partial charge >= 0.3 is 0 Å². The molecule has 1 N–H and O–H groups in total. The summed E-state index contributed by atoms with van der Waals surface area (Å²) in [5.74, 6) is -0.260. The molecule has 0 saturated carbocycles. The van der Waals surface area contributed by atoms with Crippen molar-refractivity contribution in [3.8, 4) is 0 Å². The van der Waals surface area contributed by atoms with Crippen LogP contribution in [-0.2, 0) is 6.42 Å². The van der Waals surface area contributed by atoms with Crippen LogP contribution in [0.5, 0.6) is 0 Å². The third kappa shape index (κ3) is 3.63. The molecule has 148 valence electrons. The van der Waals surface area contributed by atoms with E-state index in [-0.39, 0.29) is 23.1 Å². The van der Waals surface area contributed by atoms with Gasteiger partial charge in [0.25, 0.3) is 17.4 Å². The van der Waals surface area contributed by atoms with E-state index in [0.717, 1.165) is 6.42 Å². The fourth-order valence-corrected chi connectivity index (χ4v) is 3.61. The molecule has 7 nitrogen and oxygen atoms in total. The van der Waals surface area contributed by atoms with Crippen molar-refractivity contribution in [3.05, 3.63) is 75.7 Å². The summed E-state index contributed by atoms with van der Waals surface area (Å²) in [5.41, 5.74) is 1.77. The van der Waals surface area contributed by atoms with Gasteiger partial charge < -0.3 is 9.80 Å². The molecule has 3 aromatic rings. The average molecular weight is 390 g/mol. The Morgan fingerprint density at radius 2 is 1.48 bits per heavy atom. The largest absolute Gasteiger partial charge is 0.335 e. The van der Waals surface area contributed by atoms with E-state index in [1.54, 1.807) is 34.1 Å². The van der Waals surface area contributed by atoms with Crippen molar-refractivity contribution in [1.82, 2.24) is 20.0 Å². The number of hydrogen-bond acceptors (Lipinski definition) is 4. The molecule has 0 spiro atoms. The van der Waals surface area contributed by atoms with Crippen molar-refractivity contribution in [3.63, 3.8) is 0 Å². The topological polar surface area (TPSA) is 86.4 Å². The normalized spacial score (nSPS) is 14.2. The van der Waals surface area contributed by atoms with Crippen molar-refractivity contribution in [2.24, 2.45) is 0 Å². The smallest absolute Gasteiger partial charge is 0.275 e. The van der Waals surface area contributed by atoms with Crippen LogP contribution < -0.4 is 5.56 Å². The number of fused-ring (bicyclic) bond motifs is 1. The van der Waals surface area contributed by atoms with Gasteiger partial charge in [-0.3, -0.25) is 14.4 Å². The monoisotopic (exact) mass is 390 g/mol. The molecule has 2 aromatic carbocycles. The predicted molar refractivity (Wildman–Crippen MR) is 110 cm³/mol. The zero-order valence-electron chi connectivity index (χ0n) is 16.2. The summed E-state index contributed by atoms with van der Waals surface area (Å²) in [6.45, 7) is 3.84. The standard InChI is InChI=1S/C22H22N4O3/c1-2-15-7-9-16(10-8-15)21(28)25-11-13-26(14-12-25)22(29)19-17-5-3-4-6-18(17)20(27)24-23-19/h3-10H,2,11-14H2,1H3,(H,24,27). The van der Waals surface area contributed by atoms with Crippen LogP contribution in [0, 0.1) is 0 Å². The minimum atomic E-state index is -0.318. The summed E-state index contributed by atoms with van der Waals surface area (Å²) in [5, 5.41) is 7.37. The van der Waals surface area contributed by atoms with Gasteiger partial charge in [0.15, 0.2) is 5.69 Å². The van der Waals surface area contributed by atoms with Crippen molar-refractivity contribution >= 4 is 22.6 Å². The number of carbonyl (C=O) groups excluding carboxylic acids is 2. The maximum atomic E-state index is 13.0. The quantitative estimate of drug-likeness (QED) is 0.742. The molecule has 1 fully saturated rings. The number of aryl methyl sites for hydroxylation is 1. The number of aromatic nitrogens is 2. The summed E-state index contributed by atoms with van der Waals surface area (Å²) in [6, 6.07) is 14.6. The van der Waals surface area contributed by atoms with Gasteiger partial charge in [0.2, 0.25) is 0 Å². The number of H-pyrrole nitrogens is 1. The number of aromatic amines is 1. The molecule has 1 saturated heterocycles. The highest BCUT2D eigenvalue weighted by atomic mass is 16.2. The Morgan fingerprint density at radius 1 is 0.897 bits per heavy atom. The number of amides is 2. The summed E-state index contributed by atoms with van der Waals surface area (Å²) in [6.07, 6.45) is 0.933. The van der Waals surface area contributed by atoms with Gasteiger partial charge in [-0.2, -0.15) is 5.10 Å². The van der Waals surface area contributed by atoms with Crippen molar-refractivity contribution in [2.75, 3.05) is 26.2 Å². The van der Waals surface area contributed by atoms with Crippen molar-refractivity contribution in [2.45, 2.75) is 13.3 Å². The molecular formula is C22H22N4O3. The molecule has 0 bridgehead atoms. The lowest BCUT2D eigenvalue weighted by Crippen LogP contribution is -2.50. The summed E-state index contributed by atoms with van der Waals surface area (Å²) < 4.78 is 0. The second kappa shape index (κ2) is 7.87. The third-order valence-electron chi connectivity index (χ3n) is 5.36. The zero-order chi connectivity index (χ0) is 20.4. The maximum Gasteiger partial charge on any atom is 0.275 e. The number of benzene rings is 2. The molecule has 2 amide bonds. The molecule has 4 rings (SSSR count). The van der Waals surface area contributed by atoms with E-state index < -0.39 is 0 Å². The van der Waals surface area contributed by atoms with Gasteiger partial charge in [-0.25, -0.2) is 5.10 Å². The lowest BCUT2D eigenvalue weighted by atomic mass is 10.1. The number of rotatable bonds is 3. The summed E-state index contributed by atoms with van der Waals surface area (Å²) in [4.78, 5) is 41.1. The molecule has 2 heterocycles. The molecule has 1 aliphatic rings. The first-order valence-corrected chi connectivity index (χ1v) is 9.73. The van der Waals surface area contributed by atoms with E-state index >= 15 is 0 Å². The van der Waals surface area contributed by atoms with E-state index in [1.165, 1.54) is 5.56 Å². The highest BCUT2D eigenvalue weighted by molar-refractivity contribution is 6.04. The van der Waals surface area contributed by atoms with E-state index in [0.29, 0.717) is 42.5 Å². The summed E-state index contributed by atoms with van der Waals surface area (Å²) >= 11 is 0. The van der Waals surface area contributed by atoms with E-state index in [1.807, 2.05) is 24.3 Å². The first-order chi connectivity index (χ1) is 14.1. The van der Waals surface area contributed by atoms with Crippen LogP contribution in [0.2, 0.25) is 0 Å². The van der Waals surface area contributed by atoms with Crippen LogP contribution in [0.4, 0.5) is 0 Å². The van der Waals surface area contributed by atoms with Crippen LogP contribution in [-0.4, -0.2) is 58.0 Å².